The lowest BCUT2D eigenvalue weighted by molar-refractivity contribution is -0.119. The van der Waals surface area contributed by atoms with Crippen LogP contribution < -0.4 is 10.2 Å². The first-order valence-corrected chi connectivity index (χ1v) is 10.4. The standard InChI is InChI=1S/C21H24N2O3S/c24-19-13-22-12-17(14-7-3-1-4-8-14)23(19)16-11-18(27-20(16)21(25)26)15-9-5-2-6-10-15/h2,5-6,9-11,14,17,22H,1,3-4,7-8,12-13H2,(H,25,26). The van der Waals surface area contributed by atoms with Crippen molar-refractivity contribution in [2.24, 2.45) is 5.92 Å². The van der Waals surface area contributed by atoms with Gasteiger partial charge >= 0.3 is 5.97 Å². The summed E-state index contributed by atoms with van der Waals surface area (Å²) in [6.07, 6.45) is 5.84. The van der Waals surface area contributed by atoms with Gasteiger partial charge in [0.1, 0.15) is 4.88 Å². The van der Waals surface area contributed by atoms with E-state index in [4.69, 9.17) is 0 Å². The van der Waals surface area contributed by atoms with Gasteiger partial charge in [-0.05, 0) is 30.4 Å². The Kier molecular flexibility index (Phi) is 5.27. The predicted molar refractivity (Wildman–Crippen MR) is 107 cm³/mol. The van der Waals surface area contributed by atoms with Gasteiger partial charge in [0, 0.05) is 11.4 Å². The van der Waals surface area contributed by atoms with E-state index in [1.165, 1.54) is 30.6 Å². The number of piperazine rings is 1. The van der Waals surface area contributed by atoms with Crippen LogP contribution in [0.1, 0.15) is 41.8 Å². The number of aromatic carboxylic acids is 1. The normalized spacial score (nSPS) is 21.4. The fourth-order valence-corrected chi connectivity index (χ4v) is 5.35. The SMILES string of the molecule is O=C(O)c1sc(-c2ccccc2)cc1N1C(=O)CNCC1C1CCCCC1. The van der Waals surface area contributed by atoms with E-state index in [0.717, 1.165) is 29.8 Å². The Morgan fingerprint density at radius 1 is 1.15 bits per heavy atom. The predicted octanol–water partition coefficient (Wildman–Crippen LogP) is 4.00. The third-order valence-corrected chi connectivity index (χ3v) is 6.81. The van der Waals surface area contributed by atoms with Gasteiger partial charge in [-0.3, -0.25) is 4.79 Å². The monoisotopic (exact) mass is 384 g/mol. The maximum Gasteiger partial charge on any atom is 0.348 e. The highest BCUT2D eigenvalue weighted by Crippen LogP contribution is 2.40. The number of carbonyl (C=O) groups is 2. The van der Waals surface area contributed by atoms with Crippen molar-refractivity contribution in [3.63, 3.8) is 0 Å². The molecule has 0 radical (unpaired) electrons. The fraction of sp³-hybridized carbons (Fsp3) is 0.429. The molecule has 1 atom stereocenters. The van der Waals surface area contributed by atoms with Crippen LogP contribution in [0.4, 0.5) is 5.69 Å². The zero-order valence-electron chi connectivity index (χ0n) is 15.2. The van der Waals surface area contributed by atoms with Gasteiger partial charge in [-0.15, -0.1) is 11.3 Å². The minimum atomic E-state index is -0.967. The number of benzene rings is 1. The van der Waals surface area contributed by atoms with Crippen LogP contribution in [0, 0.1) is 5.92 Å². The average Bonchev–Trinajstić information content (AvgIpc) is 3.14. The lowest BCUT2D eigenvalue weighted by atomic mass is 9.82. The van der Waals surface area contributed by atoms with Gasteiger partial charge in [0.15, 0.2) is 0 Å². The summed E-state index contributed by atoms with van der Waals surface area (Å²) in [5, 5.41) is 13.0. The second-order valence-electron chi connectivity index (χ2n) is 7.36. The Hall–Kier alpha value is -2.18. The van der Waals surface area contributed by atoms with E-state index in [2.05, 4.69) is 5.32 Å². The highest BCUT2D eigenvalue weighted by atomic mass is 32.1. The molecule has 4 rings (SSSR count). The van der Waals surface area contributed by atoms with Crippen LogP contribution in [0.3, 0.4) is 0 Å². The van der Waals surface area contributed by atoms with Crippen molar-refractivity contribution >= 4 is 28.9 Å². The van der Waals surface area contributed by atoms with Crippen LogP contribution in [0.15, 0.2) is 36.4 Å². The molecule has 1 aromatic heterocycles. The Balaban J connectivity index is 1.75. The summed E-state index contributed by atoms with van der Waals surface area (Å²) in [4.78, 5) is 27.7. The van der Waals surface area contributed by atoms with Gasteiger partial charge in [-0.25, -0.2) is 4.79 Å². The summed E-state index contributed by atoms with van der Waals surface area (Å²) in [5.41, 5.74) is 1.54. The van der Waals surface area contributed by atoms with Crippen molar-refractivity contribution in [1.82, 2.24) is 5.32 Å². The molecule has 0 spiro atoms. The van der Waals surface area contributed by atoms with E-state index in [9.17, 15) is 14.7 Å². The lowest BCUT2D eigenvalue weighted by Gasteiger charge is -2.41. The number of carbonyl (C=O) groups excluding carboxylic acids is 1. The average molecular weight is 385 g/mol. The summed E-state index contributed by atoms with van der Waals surface area (Å²) in [7, 11) is 0. The number of thiophene rings is 1. The number of nitrogens with zero attached hydrogens (tertiary/aromatic N) is 1. The minimum absolute atomic E-state index is 0.0304. The van der Waals surface area contributed by atoms with Crippen LogP contribution in [0.5, 0.6) is 0 Å². The Labute approximate surface area is 163 Å². The van der Waals surface area contributed by atoms with E-state index >= 15 is 0 Å². The first kappa shape index (κ1) is 18.2. The highest BCUT2D eigenvalue weighted by Gasteiger charge is 2.38. The number of nitrogens with one attached hydrogen (secondary N) is 1. The van der Waals surface area contributed by atoms with E-state index in [0.29, 0.717) is 11.6 Å². The van der Waals surface area contributed by atoms with Gasteiger partial charge in [0.05, 0.1) is 18.3 Å². The summed E-state index contributed by atoms with van der Waals surface area (Å²) in [6, 6.07) is 11.7. The Bertz CT molecular complexity index is 827. The van der Waals surface area contributed by atoms with Crippen molar-refractivity contribution in [2.75, 3.05) is 18.0 Å². The molecule has 27 heavy (non-hydrogen) atoms. The zero-order chi connectivity index (χ0) is 18.8. The molecule has 5 nitrogen and oxygen atoms in total. The first-order valence-electron chi connectivity index (χ1n) is 9.60. The van der Waals surface area contributed by atoms with Crippen LogP contribution in [0.25, 0.3) is 10.4 Å². The van der Waals surface area contributed by atoms with E-state index in [1.807, 2.05) is 36.4 Å². The molecule has 0 bridgehead atoms. The molecule has 1 unspecified atom stereocenters. The fourth-order valence-electron chi connectivity index (χ4n) is 4.36. The largest absolute Gasteiger partial charge is 0.477 e. The summed E-state index contributed by atoms with van der Waals surface area (Å²) < 4.78 is 0. The number of anilines is 1. The third-order valence-electron chi connectivity index (χ3n) is 5.65. The van der Waals surface area contributed by atoms with Crippen molar-refractivity contribution < 1.29 is 14.7 Å². The number of carboxylic acid groups (broad SMARTS) is 1. The summed E-state index contributed by atoms with van der Waals surface area (Å²) in [5.74, 6) is -0.570. The number of amides is 1. The molecule has 2 N–H and O–H groups in total. The molecule has 1 aliphatic carbocycles. The lowest BCUT2D eigenvalue weighted by Crippen LogP contribution is -2.58. The summed E-state index contributed by atoms with van der Waals surface area (Å²) in [6.45, 7) is 0.991. The van der Waals surface area contributed by atoms with E-state index < -0.39 is 5.97 Å². The molecule has 1 amide bonds. The van der Waals surface area contributed by atoms with Gasteiger partial charge in [0.2, 0.25) is 5.91 Å². The number of hydrogen-bond acceptors (Lipinski definition) is 4. The van der Waals surface area contributed by atoms with Crippen LogP contribution in [0.2, 0.25) is 0 Å². The van der Waals surface area contributed by atoms with Crippen molar-refractivity contribution in [3.05, 3.63) is 41.3 Å². The molecular formula is C21H24N2O3S. The number of hydrogen-bond donors (Lipinski definition) is 2. The third kappa shape index (κ3) is 3.64. The molecule has 2 fully saturated rings. The molecule has 6 heteroatoms. The Morgan fingerprint density at radius 3 is 2.59 bits per heavy atom. The maximum absolute atomic E-state index is 12.8. The van der Waals surface area contributed by atoms with E-state index in [1.54, 1.807) is 4.90 Å². The van der Waals surface area contributed by atoms with Gasteiger partial charge in [-0.1, -0.05) is 49.6 Å². The van der Waals surface area contributed by atoms with Crippen LogP contribution >= 0.6 is 11.3 Å². The van der Waals surface area contributed by atoms with Crippen LogP contribution in [-0.4, -0.2) is 36.1 Å². The molecule has 1 saturated heterocycles. The van der Waals surface area contributed by atoms with Crippen LogP contribution in [-0.2, 0) is 4.79 Å². The topological polar surface area (TPSA) is 69.6 Å². The molecule has 1 aliphatic heterocycles. The molecular weight excluding hydrogens is 360 g/mol. The molecule has 2 aromatic rings. The molecule has 2 heterocycles. The molecule has 1 saturated carbocycles. The molecule has 1 aromatic carbocycles. The second kappa shape index (κ2) is 7.82. The zero-order valence-corrected chi connectivity index (χ0v) is 16.0. The van der Waals surface area contributed by atoms with Crippen molar-refractivity contribution in [2.45, 2.75) is 38.1 Å². The first-order chi connectivity index (χ1) is 13.1. The van der Waals surface area contributed by atoms with Crippen molar-refractivity contribution in [1.29, 1.82) is 0 Å². The van der Waals surface area contributed by atoms with Crippen molar-refractivity contribution in [3.8, 4) is 10.4 Å². The number of carboxylic acids is 1. The molecule has 142 valence electrons. The minimum Gasteiger partial charge on any atom is -0.477 e. The quantitative estimate of drug-likeness (QED) is 0.836. The van der Waals surface area contributed by atoms with E-state index in [-0.39, 0.29) is 23.4 Å². The highest BCUT2D eigenvalue weighted by molar-refractivity contribution is 7.18. The summed E-state index contributed by atoms with van der Waals surface area (Å²) >= 11 is 1.25. The molecule has 2 aliphatic rings. The van der Waals surface area contributed by atoms with Gasteiger partial charge < -0.3 is 15.3 Å². The van der Waals surface area contributed by atoms with Gasteiger partial charge in [-0.2, -0.15) is 0 Å². The second-order valence-corrected chi connectivity index (χ2v) is 8.41. The maximum atomic E-state index is 12.8. The smallest absolute Gasteiger partial charge is 0.348 e. The Morgan fingerprint density at radius 2 is 1.89 bits per heavy atom. The number of rotatable bonds is 4. The van der Waals surface area contributed by atoms with Gasteiger partial charge in [0.25, 0.3) is 0 Å².